The van der Waals surface area contributed by atoms with Gasteiger partial charge in [-0.05, 0) is 47.1 Å². The Bertz CT molecular complexity index is 918. The van der Waals surface area contributed by atoms with Gasteiger partial charge in [-0.3, -0.25) is 19.3 Å². The fraction of sp³-hybridized carbons (Fsp3) is 0.250. The van der Waals surface area contributed by atoms with Crippen LogP contribution in [0.4, 0.5) is 11.4 Å². The molecule has 1 N–H and O–H groups in total. The predicted molar refractivity (Wildman–Crippen MR) is 109 cm³/mol. The number of hydrogen-bond donors (Lipinski definition) is 1. The second-order valence-electron chi connectivity index (χ2n) is 6.43. The summed E-state index contributed by atoms with van der Waals surface area (Å²) in [5, 5.41) is 2.75. The molecule has 3 rings (SSSR count). The number of fused-ring (bicyclic) bond motifs is 1. The van der Waals surface area contributed by atoms with Crippen LogP contribution in [0.2, 0.25) is 0 Å². The number of carbonyl (C=O) groups excluding carboxylic acids is 3. The quantitative estimate of drug-likeness (QED) is 0.766. The number of para-hydroxylation sites is 3. The Kier molecular flexibility index (Phi) is 5.99. The first-order chi connectivity index (χ1) is 13.4. The van der Waals surface area contributed by atoms with Crippen molar-refractivity contribution in [3.05, 3.63) is 53.0 Å². The smallest absolute Gasteiger partial charge is 0.268 e. The zero-order chi connectivity index (χ0) is 20.3. The van der Waals surface area contributed by atoms with E-state index >= 15 is 0 Å². The number of carbonyl (C=O) groups is 3. The van der Waals surface area contributed by atoms with Gasteiger partial charge in [-0.2, -0.15) is 0 Å². The van der Waals surface area contributed by atoms with E-state index in [0.29, 0.717) is 17.1 Å². The number of hydrogen-bond acceptors (Lipinski definition) is 4. The molecule has 0 saturated heterocycles. The molecule has 2 aromatic carbocycles. The molecular weight excluding hydrogens is 426 g/mol. The summed E-state index contributed by atoms with van der Waals surface area (Å²) in [6, 6.07) is 14.3. The summed E-state index contributed by atoms with van der Waals surface area (Å²) in [4.78, 5) is 40.1. The Morgan fingerprint density at radius 3 is 2.61 bits per heavy atom. The van der Waals surface area contributed by atoms with Crippen LogP contribution in [0.15, 0.2) is 53.0 Å². The van der Waals surface area contributed by atoms with Gasteiger partial charge >= 0.3 is 0 Å². The van der Waals surface area contributed by atoms with Gasteiger partial charge in [0.25, 0.3) is 5.91 Å². The van der Waals surface area contributed by atoms with E-state index in [4.69, 9.17) is 4.74 Å². The van der Waals surface area contributed by atoms with Crippen molar-refractivity contribution in [2.75, 3.05) is 30.4 Å². The highest BCUT2D eigenvalue weighted by Gasteiger charge is 2.33. The molecule has 1 aliphatic heterocycles. The fourth-order valence-corrected chi connectivity index (χ4v) is 3.22. The zero-order valence-electron chi connectivity index (χ0n) is 15.5. The van der Waals surface area contributed by atoms with Gasteiger partial charge in [-0.25, -0.2) is 0 Å². The number of rotatable bonds is 5. The van der Waals surface area contributed by atoms with E-state index < -0.39 is 6.10 Å². The topological polar surface area (TPSA) is 79.0 Å². The molecule has 1 heterocycles. The Morgan fingerprint density at radius 2 is 1.86 bits per heavy atom. The number of benzene rings is 2. The lowest BCUT2D eigenvalue weighted by Crippen LogP contribution is -2.49. The average molecular weight is 446 g/mol. The standard InChI is InChI=1S/C20H20BrN3O4/c1-13-20(27)24(16-9-5-6-10-17(16)28-13)12-19(26)23(2)11-18(25)22-15-8-4-3-7-14(15)21/h3-10,13H,11-12H2,1-2H3,(H,22,25)/t13-/m0/s1. The van der Waals surface area contributed by atoms with Crippen molar-refractivity contribution >= 4 is 45.0 Å². The molecule has 8 heteroatoms. The third-order valence-corrected chi connectivity index (χ3v) is 5.01. The molecule has 0 aliphatic carbocycles. The number of halogens is 1. The van der Waals surface area contributed by atoms with E-state index in [1.165, 1.54) is 16.8 Å². The summed E-state index contributed by atoms with van der Waals surface area (Å²) in [6.07, 6.45) is -0.674. The summed E-state index contributed by atoms with van der Waals surface area (Å²) >= 11 is 3.36. The third kappa shape index (κ3) is 4.33. The van der Waals surface area contributed by atoms with Crippen LogP contribution in [-0.2, 0) is 14.4 Å². The van der Waals surface area contributed by atoms with Crippen molar-refractivity contribution in [1.82, 2.24) is 4.90 Å². The van der Waals surface area contributed by atoms with Crippen LogP contribution in [0.25, 0.3) is 0 Å². The van der Waals surface area contributed by atoms with E-state index in [9.17, 15) is 14.4 Å². The molecule has 0 saturated carbocycles. The number of likely N-dealkylation sites (N-methyl/N-ethyl adjacent to an activating group) is 1. The normalized spacial score (nSPS) is 15.5. The molecule has 0 spiro atoms. The van der Waals surface area contributed by atoms with Crippen LogP contribution >= 0.6 is 15.9 Å². The number of anilines is 2. The largest absolute Gasteiger partial charge is 0.479 e. The van der Waals surface area contributed by atoms with Crippen molar-refractivity contribution in [2.45, 2.75) is 13.0 Å². The van der Waals surface area contributed by atoms with Gasteiger partial charge in [0.1, 0.15) is 12.3 Å². The fourth-order valence-electron chi connectivity index (χ4n) is 2.83. The highest BCUT2D eigenvalue weighted by Crippen LogP contribution is 2.33. The number of ether oxygens (including phenoxy) is 1. The zero-order valence-corrected chi connectivity index (χ0v) is 17.1. The van der Waals surface area contributed by atoms with Gasteiger partial charge in [0.2, 0.25) is 11.8 Å². The Labute approximate surface area is 171 Å². The summed E-state index contributed by atoms with van der Waals surface area (Å²) in [5.41, 5.74) is 1.17. The van der Waals surface area contributed by atoms with E-state index in [1.807, 2.05) is 12.1 Å². The maximum atomic E-state index is 12.6. The first kappa shape index (κ1) is 19.9. The molecule has 28 heavy (non-hydrogen) atoms. The summed E-state index contributed by atoms with van der Waals surface area (Å²) in [7, 11) is 1.53. The second kappa shape index (κ2) is 8.43. The van der Waals surface area contributed by atoms with Crippen LogP contribution in [0.3, 0.4) is 0 Å². The minimum atomic E-state index is -0.674. The first-order valence-corrected chi connectivity index (χ1v) is 9.51. The Hall–Kier alpha value is -2.87. The summed E-state index contributed by atoms with van der Waals surface area (Å²) in [5.74, 6) is -0.417. The van der Waals surface area contributed by atoms with Gasteiger partial charge in [-0.15, -0.1) is 0 Å². The van der Waals surface area contributed by atoms with Gasteiger partial charge in [0.05, 0.1) is 17.9 Å². The SMILES string of the molecule is C[C@@H]1Oc2ccccc2N(CC(=O)N(C)CC(=O)Nc2ccccc2Br)C1=O. The lowest BCUT2D eigenvalue weighted by molar-refractivity contribution is -0.134. The van der Waals surface area contributed by atoms with Crippen LogP contribution in [0, 0.1) is 0 Å². The van der Waals surface area contributed by atoms with Gasteiger partial charge in [0.15, 0.2) is 6.10 Å². The molecule has 0 aromatic heterocycles. The molecule has 1 aliphatic rings. The minimum absolute atomic E-state index is 0.129. The molecule has 1 atom stereocenters. The molecule has 3 amide bonds. The Balaban J connectivity index is 1.65. The monoisotopic (exact) mass is 445 g/mol. The molecule has 7 nitrogen and oxygen atoms in total. The Morgan fingerprint density at radius 1 is 1.18 bits per heavy atom. The van der Waals surface area contributed by atoms with Gasteiger partial charge < -0.3 is 15.0 Å². The third-order valence-electron chi connectivity index (χ3n) is 4.32. The predicted octanol–water partition coefficient (Wildman–Crippen LogP) is 2.66. The molecule has 0 radical (unpaired) electrons. The number of nitrogens with one attached hydrogen (secondary N) is 1. The van der Waals surface area contributed by atoms with E-state index in [0.717, 1.165) is 4.47 Å². The van der Waals surface area contributed by atoms with E-state index in [2.05, 4.69) is 21.2 Å². The lowest BCUT2D eigenvalue weighted by atomic mass is 10.2. The summed E-state index contributed by atoms with van der Waals surface area (Å²) < 4.78 is 6.33. The van der Waals surface area contributed by atoms with Crippen LogP contribution in [-0.4, -0.2) is 48.9 Å². The van der Waals surface area contributed by atoms with Gasteiger partial charge in [0, 0.05) is 11.5 Å². The first-order valence-electron chi connectivity index (χ1n) is 8.72. The van der Waals surface area contributed by atoms with E-state index in [-0.39, 0.29) is 30.8 Å². The lowest BCUT2D eigenvalue weighted by Gasteiger charge is -2.33. The van der Waals surface area contributed by atoms with Crippen LogP contribution in [0.5, 0.6) is 5.75 Å². The summed E-state index contributed by atoms with van der Waals surface area (Å²) in [6.45, 7) is 1.35. The number of nitrogens with zero attached hydrogens (tertiary/aromatic N) is 2. The highest BCUT2D eigenvalue weighted by atomic mass is 79.9. The maximum Gasteiger partial charge on any atom is 0.268 e. The highest BCUT2D eigenvalue weighted by molar-refractivity contribution is 9.10. The maximum absolute atomic E-state index is 12.6. The van der Waals surface area contributed by atoms with Crippen molar-refractivity contribution in [2.24, 2.45) is 0 Å². The molecule has 0 fully saturated rings. The molecule has 146 valence electrons. The van der Waals surface area contributed by atoms with Crippen molar-refractivity contribution in [3.63, 3.8) is 0 Å². The molecular formula is C20H20BrN3O4. The van der Waals surface area contributed by atoms with E-state index in [1.54, 1.807) is 43.3 Å². The minimum Gasteiger partial charge on any atom is -0.479 e. The molecule has 0 bridgehead atoms. The molecule has 2 aromatic rings. The average Bonchev–Trinajstić information content (AvgIpc) is 2.67. The van der Waals surface area contributed by atoms with Crippen LogP contribution < -0.4 is 15.0 Å². The van der Waals surface area contributed by atoms with Gasteiger partial charge in [-0.1, -0.05) is 24.3 Å². The number of amides is 3. The van der Waals surface area contributed by atoms with Crippen molar-refractivity contribution in [3.8, 4) is 5.75 Å². The van der Waals surface area contributed by atoms with Crippen molar-refractivity contribution < 1.29 is 19.1 Å². The van der Waals surface area contributed by atoms with Crippen molar-refractivity contribution in [1.29, 1.82) is 0 Å². The molecule has 0 unspecified atom stereocenters. The second-order valence-corrected chi connectivity index (χ2v) is 7.28. The van der Waals surface area contributed by atoms with Crippen LogP contribution in [0.1, 0.15) is 6.92 Å².